The van der Waals surface area contributed by atoms with E-state index in [-0.39, 0.29) is 22.5 Å². The van der Waals surface area contributed by atoms with Crippen molar-refractivity contribution in [3.05, 3.63) is 33.3 Å². The lowest BCUT2D eigenvalue weighted by molar-refractivity contribution is -0.384. The second-order valence-corrected chi connectivity index (χ2v) is 4.01. The number of alkyl halides is 1. The molecule has 0 aliphatic rings. The molecule has 1 aromatic carbocycles. The van der Waals surface area contributed by atoms with Gasteiger partial charge in [-0.3, -0.25) is 14.9 Å². The highest BCUT2D eigenvalue weighted by Crippen LogP contribution is 2.26. The third-order valence-electron chi connectivity index (χ3n) is 2.05. The van der Waals surface area contributed by atoms with Gasteiger partial charge in [-0.25, -0.2) is 0 Å². The van der Waals surface area contributed by atoms with Crippen LogP contribution in [0.4, 0.5) is 11.4 Å². The Balaban J connectivity index is 2.48. The number of rotatable bonds is 6. The van der Waals surface area contributed by atoms with Gasteiger partial charge in [0.2, 0.25) is 5.91 Å². The monoisotopic (exact) mass is 291 g/mol. The summed E-state index contributed by atoms with van der Waals surface area (Å²) in [5.41, 5.74) is 0.503. The zero-order chi connectivity index (χ0) is 13.5. The van der Waals surface area contributed by atoms with Crippen LogP contribution in [0.15, 0.2) is 18.2 Å². The lowest BCUT2D eigenvalue weighted by Gasteiger charge is -2.08. The maximum atomic E-state index is 10.8. The Morgan fingerprint density at radius 1 is 1.39 bits per heavy atom. The van der Waals surface area contributed by atoms with Crippen LogP contribution in [0.3, 0.4) is 0 Å². The van der Waals surface area contributed by atoms with Gasteiger partial charge >= 0.3 is 0 Å². The number of hydrogen-bond acceptors (Lipinski definition) is 4. The van der Waals surface area contributed by atoms with E-state index in [0.29, 0.717) is 18.8 Å². The fraction of sp³-hybridized carbons (Fsp3) is 0.300. The molecule has 1 rings (SSSR count). The molecule has 0 atom stereocenters. The maximum Gasteiger partial charge on any atom is 0.271 e. The summed E-state index contributed by atoms with van der Waals surface area (Å²) >= 11 is 11.2. The van der Waals surface area contributed by atoms with Crippen LogP contribution in [0, 0.1) is 10.1 Å². The van der Waals surface area contributed by atoms with Crippen molar-refractivity contribution in [1.82, 2.24) is 5.32 Å². The number of nitro benzene ring substituents is 1. The first-order valence-corrected chi connectivity index (χ1v) is 5.96. The number of anilines is 1. The van der Waals surface area contributed by atoms with E-state index in [2.05, 4.69) is 10.6 Å². The number of nitro groups is 1. The first-order chi connectivity index (χ1) is 8.54. The average molecular weight is 292 g/mol. The molecule has 0 radical (unpaired) electrons. The molecule has 18 heavy (non-hydrogen) atoms. The Labute approximate surface area is 113 Å². The van der Waals surface area contributed by atoms with Crippen LogP contribution in [-0.4, -0.2) is 29.8 Å². The number of hydrogen-bond donors (Lipinski definition) is 2. The van der Waals surface area contributed by atoms with Crippen molar-refractivity contribution < 1.29 is 9.72 Å². The van der Waals surface area contributed by atoms with Crippen molar-refractivity contribution >= 4 is 40.5 Å². The van der Waals surface area contributed by atoms with Gasteiger partial charge in [-0.2, -0.15) is 0 Å². The van der Waals surface area contributed by atoms with Gasteiger partial charge in [0.15, 0.2) is 0 Å². The SMILES string of the molecule is O=C(CCl)NCCNc1ccc([N+](=O)[O-])cc1Cl. The maximum absolute atomic E-state index is 10.8. The van der Waals surface area contributed by atoms with Gasteiger partial charge in [0, 0.05) is 25.2 Å². The van der Waals surface area contributed by atoms with E-state index in [1.165, 1.54) is 18.2 Å². The van der Waals surface area contributed by atoms with Crippen LogP contribution in [0.2, 0.25) is 5.02 Å². The van der Waals surface area contributed by atoms with Crippen LogP contribution >= 0.6 is 23.2 Å². The first kappa shape index (κ1) is 14.5. The normalized spacial score (nSPS) is 9.89. The van der Waals surface area contributed by atoms with Gasteiger partial charge in [0.1, 0.15) is 5.88 Å². The summed E-state index contributed by atoms with van der Waals surface area (Å²) in [7, 11) is 0. The van der Waals surface area contributed by atoms with E-state index in [1.54, 1.807) is 0 Å². The van der Waals surface area contributed by atoms with Crippen LogP contribution < -0.4 is 10.6 Å². The summed E-state index contributed by atoms with van der Waals surface area (Å²) in [6.45, 7) is 0.832. The Bertz CT molecular complexity index is 454. The van der Waals surface area contributed by atoms with E-state index in [9.17, 15) is 14.9 Å². The topological polar surface area (TPSA) is 84.3 Å². The van der Waals surface area contributed by atoms with Gasteiger partial charge in [0.05, 0.1) is 15.6 Å². The smallest absolute Gasteiger partial charge is 0.271 e. The van der Waals surface area contributed by atoms with Gasteiger partial charge in [-0.15, -0.1) is 11.6 Å². The van der Waals surface area contributed by atoms with Gasteiger partial charge in [0.25, 0.3) is 5.69 Å². The Kier molecular flexibility index (Phi) is 5.67. The largest absolute Gasteiger partial charge is 0.382 e. The number of carbonyl (C=O) groups is 1. The molecule has 0 unspecified atom stereocenters. The average Bonchev–Trinajstić information content (AvgIpc) is 2.35. The van der Waals surface area contributed by atoms with Crippen molar-refractivity contribution in [3.8, 4) is 0 Å². The van der Waals surface area contributed by atoms with Gasteiger partial charge in [-0.05, 0) is 6.07 Å². The highest BCUT2D eigenvalue weighted by Gasteiger charge is 2.08. The highest BCUT2D eigenvalue weighted by molar-refractivity contribution is 6.33. The molecule has 0 saturated heterocycles. The summed E-state index contributed by atoms with van der Waals surface area (Å²) in [6.07, 6.45) is 0. The number of halogens is 2. The van der Waals surface area contributed by atoms with Crippen molar-refractivity contribution in [1.29, 1.82) is 0 Å². The molecule has 0 heterocycles. The minimum Gasteiger partial charge on any atom is -0.382 e. The fourth-order valence-corrected chi connectivity index (χ4v) is 1.54. The molecular formula is C10H11Cl2N3O3. The summed E-state index contributed by atoms with van der Waals surface area (Å²) in [4.78, 5) is 20.8. The number of carbonyl (C=O) groups excluding carboxylic acids is 1. The Morgan fingerprint density at radius 2 is 2.11 bits per heavy atom. The van der Waals surface area contributed by atoms with E-state index >= 15 is 0 Å². The Hall–Kier alpha value is -1.53. The molecule has 6 nitrogen and oxygen atoms in total. The molecule has 1 amide bonds. The molecule has 2 N–H and O–H groups in total. The van der Waals surface area contributed by atoms with Crippen molar-refractivity contribution in [3.63, 3.8) is 0 Å². The van der Waals surface area contributed by atoms with Crippen LogP contribution in [0.5, 0.6) is 0 Å². The molecule has 0 bridgehead atoms. The molecule has 98 valence electrons. The first-order valence-electron chi connectivity index (χ1n) is 5.05. The predicted molar refractivity (Wildman–Crippen MR) is 70.3 cm³/mol. The molecule has 0 aliphatic heterocycles. The summed E-state index contributed by atoms with van der Waals surface area (Å²) in [5.74, 6) is -0.341. The molecule has 0 aliphatic carbocycles. The van der Waals surface area contributed by atoms with Gasteiger partial charge in [-0.1, -0.05) is 11.6 Å². The predicted octanol–water partition coefficient (Wildman–Crippen LogP) is 2.02. The van der Waals surface area contributed by atoms with Crippen molar-refractivity contribution in [2.45, 2.75) is 0 Å². The number of benzene rings is 1. The van der Waals surface area contributed by atoms with Crippen molar-refractivity contribution in [2.75, 3.05) is 24.3 Å². The summed E-state index contributed by atoms with van der Waals surface area (Å²) in [5, 5.41) is 16.3. The van der Waals surface area contributed by atoms with Crippen LogP contribution in [-0.2, 0) is 4.79 Å². The van der Waals surface area contributed by atoms with E-state index in [1.807, 2.05) is 0 Å². The quantitative estimate of drug-likeness (QED) is 0.363. The molecule has 1 aromatic rings. The minimum absolute atomic E-state index is 0.0685. The third kappa shape index (κ3) is 4.38. The number of nitrogens with one attached hydrogen (secondary N) is 2. The van der Waals surface area contributed by atoms with E-state index in [4.69, 9.17) is 23.2 Å². The van der Waals surface area contributed by atoms with Crippen molar-refractivity contribution in [2.24, 2.45) is 0 Å². The second kappa shape index (κ2) is 7.03. The van der Waals surface area contributed by atoms with Crippen LogP contribution in [0.25, 0.3) is 0 Å². The summed E-state index contributed by atoms with van der Waals surface area (Å²) < 4.78 is 0. The standard InChI is InChI=1S/C10H11Cl2N3O3/c11-6-10(16)14-4-3-13-9-2-1-7(15(17)18)5-8(9)12/h1-2,5,13H,3-4,6H2,(H,14,16). The molecule has 0 fully saturated rings. The van der Waals surface area contributed by atoms with E-state index < -0.39 is 4.92 Å². The number of non-ortho nitro benzene ring substituents is 1. The molecule has 0 spiro atoms. The third-order valence-corrected chi connectivity index (χ3v) is 2.60. The zero-order valence-electron chi connectivity index (χ0n) is 9.28. The lowest BCUT2D eigenvalue weighted by Crippen LogP contribution is -2.29. The molecular weight excluding hydrogens is 281 g/mol. The minimum atomic E-state index is -0.518. The lowest BCUT2D eigenvalue weighted by atomic mass is 10.3. The molecule has 0 saturated carbocycles. The highest BCUT2D eigenvalue weighted by atomic mass is 35.5. The van der Waals surface area contributed by atoms with Gasteiger partial charge < -0.3 is 10.6 Å². The number of amides is 1. The molecule has 8 heteroatoms. The number of nitrogens with zero attached hydrogens (tertiary/aromatic N) is 1. The zero-order valence-corrected chi connectivity index (χ0v) is 10.8. The van der Waals surface area contributed by atoms with Crippen LogP contribution in [0.1, 0.15) is 0 Å². The Morgan fingerprint density at radius 3 is 2.67 bits per heavy atom. The fourth-order valence-electron chi connectivity index (χ4n) is 1.21. The van der Waals surface area contributed by atoms with E-state index in [0.717, 1.165) is 0 Å². The molecule has 0 aromatic heterocycles. The second-order valence-electron chi connectivity index (χ2n) is 3.33. The summed E-state index contributed by atoms with van der Waals surface area (Å²) in [6, 6.07) is 4.14.